The first-order chi connectivity index (χ1) is 13.0. The Balaban J connectivity index is 1.87. The first kappa shape index (κ1) is 15.8. The van der Waals surface area contributed by atoms with Crippen LogP contribution >= 0.6 is 11.6 Å². The van der Waals surface area contributed by atoms with Crippen LogP contribution in [0, 0.1) is 0 Å². The zero-order valence-electron chi connectivity index (χ0n) is 14.1. The maximum absolute atomic E-state index is 12.7. The third kappa shape index (κ3) is 2.23. The molecule has 1 aliphatic heterocycles. The molecule has 5 rings (SSSR count). The summed E-state index contributed by atoms with van der Waals surface area (Å²) in [6.45, 7) is 0. The van der Waals surface area contributed by atoms with E-state index >= 15 is 0 Å². The predicted molar refractivity (Wildman–Crippen MR) is 102 cm³/mol. The highest BCUT2D eigenvalue weighted by Gasteiger charge is 2.35. The van der Waals surface area contributed by atoms with Gasteiger partial charge in [-0.15, -0.1) is 0 Å². The summed E-state index contributed by atoms with van der Waals surface area (Å²) in [4.78, 5) is 29.5. The van der Waals surface area contributed by atoms with Crippen LogP contribution in [0.5, 0.6) is 0 Å². The molecular weight excluding hydrogens is 366 g/mol. The van der Waals surface area contributed by atoms with E-state index in [2.05, 4.69) is 10.3 Å². The lowest BCUT2D eigenvalue weighted by Gasteiger charge is -2.02. The van der Waals surface area contributed by atoms with E-state index < -0.39 is 11.8 Å². The average Bonchev–Trinajstić information content (AvgIpc) is 3.28. The van der Waals surface area contributed by atoms with Gasteiger partial charge in [-0.2, -0.15) is 0 Å². The molecule has 0 bridgehead atoms. The largest absolute Gasteiger partial charge is 0.445 e. The van der Waals surface area contributed by atoms with E-state index in [0.29, 0.717) is 32.8 Å². The fourth-order valence-electron chi connectivity index (χ4n) is 3.59. The SMILES string of the molecule is Cn1cc(C2=C(c3coc4ncccc34)C(=O)NC2=O)c2cc(Cl)ccc21. The number of hydrogen-bond donors (Lipinski definition) is 1. The first-order valence-corrected chi connectivity index (χ1v) is 8.60. The number of nitrogens with zero attached hydrogens (tertiary/aromatic N) is 2. The maximum atomic E-state index is 12.7. The summed E-state index contributed by atoms with van der Waals surface area (Å²) in [5.41, 5.74) is 3.08. The minimum Gasteiger partial charge on any atom is -0.445 e. The van der Waals surface area contributed by atoms with Crippen LogP contribution in [0.15, 0.2) is 53.4 Å². The van der Waals surface area contributed by atoms with E-state index in [-0.39, 0.29) is 5.57 Å². The number of fused-ring (bicyclic) bond motifs is 2. The molecule has 4 heterocycles. The number of imide groups is 1. The van der Waals surface area contributed by atoms with Crippen LogP contribution in [0.25, 0.3) is 33.1 Å². The molecule has 0 radical (unpaired) electrons. The van der Waals surface area contributed by atoms with Crippen LogP contribution < -0.4 is 5.32 Å². The summed E-state index contributed by atoms with van der Waals surface area (Å²) in [5, 5.41) is 4.43. The van der Waals surface area contributed by atoms with Crippen molar-refractivity contribution in [2.24, 2.45) is 7.05 Å². The van der Waals surface area contributed by atoms with Crippen molar-refractivity contribution in [1.82, 2.24) is 14.9 Å². The quantitative estimate of drug-likeness (QED) is 0.542. The minimum absolute atomic E-state index is 0.277. The number of carbonyl (C=O) groups is 2. The van der Waals surface area contributed by atoms with E-state index in [9.17, 15) is 9.59 Å². The minimum atomic E-state index is -0.458. The van der Waals surface area contributed by atoms with Gasteiger partial charge in [0, 0.05) is 51.9 Å². The summed E-state index contributed by atoms with van der Waals surface area (Å²) in [6.07, 6.45) is 4.90. The van der Waals surface area contributed by atoms with Gasteiger partial charge >= 0.3 is 0 Å². The van der Waals surface area contributed by atoms with Gasteiger partial charge in [-0.3, -0.25) is 14.9 Å². The molecule has 0 atom stereocenters. The molecule has 132 valence electrons. The first-order valence-electron chi connectivity index (χ1n) is 8.22. The lowest BCUT2D eigenvalue weighted by atomic mass is 9.96. The molecule has 2 amide bonds. The maximum Gasteiger partial charge on any atom is 0.259 e. The highest BCUT2D eigenvalue weighted by molar-refractivity contribution is 6.50. The molecule has 0 spiro atoms. The van der Waals surface area contributed by atoms with Crippen LogP contribution in [0.2, 0.25) is 5.02 Å². The average molecular weight is 378 g/mol. The third-order valence-corrected chi connectivity index (χ3v) is 5.01. The Morgan fingerprint density at radius 2 is 1.85 bits per heavy atom. The normalized spacial score (nSPS) is 14.6. The Morgan fingerprint density at radius 3 is 2.67 bits per heavy atom. The Labute approximate surface area is 158 Å². The van der Waals surface area contributed by atoms with Crippen molar-refractivity contribution in [3.05, 3.63) is 65.1 Å². The number of nitrogens with one attached hydrogen (secondary N) is 1. The predicted octanol–water partition coefficient (Wildman–Crippen LogP) is 3.54. The molecule has 7 heteroatoms. The molecule has 0 saturated carbocycles. The Bertz CT molecular complexity index is 1310. The number of aromatic nitrogens is 2. The fraction of sp³-hybridized carbons (Fsp3) is 0.0500. The number of aryl methyl sites for hydroxylation is 1. The smallest absolute Gasteiger partial charge is 0.259 e. The summed E-state index contributed by atoms with van der Waals surface area (Å²) in [6, 6.07) is 9.03. The second kappa shape index (κ2) is 5.56. The van der Waals surface area contributed by atoms with E-state index in [1.54, 1.807) is 24.4 Å². The van der Waals surface area contributed by atoms with Crippen molar-refractivity contribution in [3.63, 3.8) is 0 Å². The standard InChI is InChI=1S/C20H12ClN3O3/c1-24-8-13(12-7-10(21)4-5-15(12)24)16-17(19(26)23-18(16)25)14-9-27-20-11(14)3-2-6-22-20/h2-9H,1H3,(H,23,25,26). The van der Waals surface area contributed by atoms with Crippen molar-refractivity contribution < 1.29 is 14.0 Å². The van der Waals surface area contributed by atoms with E-state index in [1.807, 2.05) is 29.9 Å². The van der Waals surface area contributed by atoms with Gasteiger partial charge in [0.05, 0.1) is 11.1 Å². The van der Waals surface area contributed by atoms with E-state index in [1.165, 1.54) is 6.26 Å². The lowest BCUT2D eigenvalue weighted by Crippen LogP contribution is -2.22. The molecule has 4 aromatic rings. The molecule has 6 nitrogen and oxygen atoms in total. The van der Waals surface area contributed by atoms with Gasteiger partial charge in [0.2, 0.25) is 5.71 Å². The molecule has 0 unspecified atom stereocenters. The fourth-order valence-corrected chi connectivity index (χ4v) is 3.77. The second-order valence-electron chi connectivity index (χ2n) is 6.35. The molecule has 1 N–H and O–H groups in total. The molecule has 0 aliphatic carbocycles. The highest BCUT2D eigenvalue weighted by Crippen LogP contribution is 2.38. The van der Waals surface area contributed by atoms with Crippen molar-refractivity contribution in [2.45, 2.75) is 0 Å². The van der Waals surface area contributed by atoms with Crippen LogP contribution in [0.1, 0.15) is 11.1 Å². The summed E-state index contributed by atoms with van der Waals surface area (Å²) < 4.78 is 7.38. The van der Waals surface area contributed by atoms with Crippen molar-refractivity contribution in [2.75, 3.05) is 0 Å². The molecule has 0 fully saturated rings. The van der Waals surface area contributed by atoms with Crippen molar-refractivity contribution >= 4 is 56.6 Å². The molecular formula is C20H12ClN3O3. The van der Waals surface area contributed by atoms with Gasteiger partial charge in [0.1, 0.15) is 6.26 Å². The van der Waals surface area contributed by atoms with Gasteiger partial charge < -0.3 is 8.98 Å². The van der Waals surface area contributed by atoms with Crippen LogP contribution in [0.4, 0.5) is 0 Å². The highest BCUT2D eigenvalue weighted by atomic mass is 35.5. The molecule has 27 heavy (non-hydrogen) atoms. The van der Waals surface area contributed by atoms with Crippen LogP contribution in [-0.4, -0.2) is 21.4 Å². The summed E-state index contributed by atoms with van der Waals surface area (Å²) in [7, 11) is 1.88. The monoisotopic (exact) mass is 377 g/mol. The number of pyridine rings is 1. The van der Waals surface area contributed by atoms with Gasteiger partial charge in [0.15, 0.2) is 0 Å². The van der Waals surface area contributed by atoms with Crippen LogP contribution in [0.3, 0.4) is 0 Å². The number of amides is 2. The number of carbonyl (C=O) groups excluding carboxylic acids is 2. The summed E-state index contributed by atoms with van der Waals surface area (Å²) >= 11 is 6.17. The molecule has 0 saturated heterocycles. The zero-order chi connectivity index (χ0) is 18.7. The molecule has 3 aromatic heterocycles. The molecule has 1 aliphatic rings. The number of furan rings is 1. The van der Waals surface area contributed by atoms with Gasteiger partial charge in [-0.05, 0) is 30.3 Å². The number of benzene rings is 1. The Kier molecular flexibility index (Phi) is 3.26. The van der Waals surface area contributed by atoms with Crippen LogP contribution in [-0.2, 0) is 16.6 Å². The topological polar surface area (TPSA) is 77.1 Å². The molecule has 1 aromatic carbocycles. The van der Waals surface area contributed by atoms with Gasteiger partial charge in [-0.25, -0.2) is 4.98 Å². The number of halogens is 1. The Morgan fingerprint density at radius 1 is 1.07 bits per heavy atom. The van der Waals surface area contributed by atoms with E-state index in [4.69, 9.17) is 16.0 Å². The third-order valence-electron chi connectivity index (χ3n) is 4.77. The van der Waals surface area contributed by atoms with Crippen molar-refractivity contribution in [1.29, 1.82) is 0 Å². The lowest BCUT2D eigenvalue weighted by molar-refractivity contribution is -0.122. The van der Waals surface area contributed by atoms with Gasteiger partial charge in [0.25, 0.3) is 11.8 Å². The summed E-state index contributed by atoms with van der Waals surface area (Å²) in [5.74, 6) is -0.902. The second-order valence-corrected chi connectivity index (χ2v) is 6.79. The van der Waals surface area contributed by atoms with Gasteiger partial charge in [-0.1, -0.05) is 11.6 Å². The van der Waals surface area contributed by atoms with Crippen molar-refractivity contribution in [3.8, 4) is 0 Å². The zero-order valence-corrected chi connectivity index (χ0v) is 14.9. The van der Waals surface area contributed by atoms with E-state index in [0.717, 1.165) is 10.9 Å². The number of hydrogen-bond acceptors (Lipinski definition) is 4. The number of rotatable bonds is 2. The Hall–Kier alpha value is -3.38.